The van der Waals surface area contributed by atoms with Gasteiger partial charge in [0.15, 0.2) is 5.96 Å². The van der Waals surface area contributed by atoms with Crippen molar-refractivity contribution in [2.45, 2.75) is 33.5 Å². The van der Waals surface area contributed by atoms with Crippen LogP contribution in [-0.2, 0) is 24.4 Å². The Hall–Kier alpha value is -3.32. The van der Waals surface area contributed by atoms with Gasteiger partial charge in [0.25, 0.3) is 0 Å². The molecule has 170 valence electrons. The van der Waals surface area contributed by atoms with Gasteiger partial charge in [0.2, 0.25) is 0 Å². The Labute approximate surface area is 190 Å². The van der Waals surface area contributed by atoms with Crippen LogP contribution >= 0.6 is 0 Å². The van der Waals surface area contributed by atoms with Gasteiger partial charge in [-0.05, 0) is 36.6 Å². The highest BCUT2D eigenvalue weighted by Gasteiger charge is 2.06. The van der Waals surface area contributed by atoms with Crippen molar-refractivity contribution < 1.29 is 9.47 Å². The van der Waals surface area contributed by atoms with Crippen molar-refractivity contribution in [2.24, 2.45) is 4.99 Å². The molecule has 0 aliphatic rings. The van der Waals surface area contributed by atoms with Crippen LogP contribution in [0.5, 0.6) is 5.75 Å². The molecular formula is C25H33N5O2. The molecule has 0 radical (unpaired) electrons. The van der Waals surface area contributed by atoms with Gasteiger partial charge in [-0.3, -0.25) is 4.99 Å². The summed E-state index contributed by atoms with van der Waals surface area (Å²) < 4.78 is 13.4. The van der Waals surface area contributed by atoms with E-state index in [1.807, 2.05) is 19.4 Å². The summed E-state index contributed by atoms with van der Waals surface area (Å²) in [6.45, 7) is 7.99. The lowest BCUT2D eigenvalue weighted by Gasteiger charge is -2.16. The first kappa shape index (κ1) is 23.3. The molecule has 0 unspecified atom stereocenters. The second-order valence-electron chi connectivity index (χ2n) is 7.49. The first-order valence-corrected chi connectivity index (χ1v) is 11.0. The third-order valence-corrected chi connectivity index (χ3v) is 4.99. The Bertz CT molecular complexity index is 969. The molecular weight excluding hydrogens is 402 g/mol. The third kappa shape index (κ3) is 7.42. The van der Waals surface area contributed by atoms with E-state index in [4.69, 9.17) is 9.47 Å². The van der Waals surface area contributed by atoms with Crippen molar-refractivity contribution in [3.05, 3.63) is 83.4 Å². The van der Waals surface area contributed by atoms with Crippen molar-refractivity contribution in [3.8, 4) is 5.75 Å². The van der Waals surface area contributed by atoms with Crippen LogP contribution in [0.15, 0.2) is 66.2 Å². The average molecular weight is 436 g/mol. The number of hydrogen-bond acceptors (Lipinski definition) is 4. The summed E-state index contributed by atoms with van der Waals surface area (Å²) in [5, 5.41) is 6.75. The summed E-state index contributed by atoms with van der Waals surface area (Å²) in [6, 6.07) is 14.8. The quantitative estimate of drug-likeness (QED) is 0.274. The van der Waals surface area contributed by atoms with Crippen molar-refractivity contribution in [1.82, 2.24) is 20.2 Å². The lowest BCUT2D eigenvalue weighted by Crippen LogP contribution is -2.36. The molecule has 0 aliphatic carbocycles. The number of ether oxygens (including phenoxy) is 2. The van der Waals surface area contributed by atoms with Gasteiger partial charge in [-0.1, -0.05) is 36.4 Å². The number of rotatable bonds is 11. The predicted molar refractivity (Wildman–Crippen MR) is 128 cm³/mol. The number of aromatic nitrogens is 2. The SMILES string of the molecule is CCOCCOc1cc(C)ccc1CNC(=NC)NCc1ccc(Cn2ccnc2)cc1. The fourth-order valence-corrected chi connectivity index (χ4v) is 3.24. The minimum absolute atomic E-state index is 0.536. The summed E-state index contributed by atoms with van der Waals surface area (Å²) in [4.78, 5) is 8.43. The van der Waals surface area contributed by atoms with E-state index in [0.717, 1.165) is 23.8 Å². The standard InChI is InChI=1S/C25H33N5O2/c1-4-31-13-14-32-24-15-20(2)5-10-23(24)17-29-25(26-3)28-16-21-6-8-22(9-7-21)18-30-12-11-27-19-30/h5-12,15,19H,4,13-14,16-18H2,1-3H3,(H2,26,28,29). The molecule has 2 aromatic carbocycles. The van der Waals surface area contributed by atoms with Gasteiger partial charge >= 0.3 is 0 Å². The van der Waals surface area contributed by atoms with Crippen LogP contribution in [0, 0.1) is 6.92 Å². The number of benzene rings is 2. The Morgan fingerprint density at radius 2 is 1.81 bits per heavy atom. The second kappa shape index (κ2) is 12.5. The van der Waals surface area contributed by atoms with Crippen LogP contribution in [0.1, 0.15) is 29.2 Å². The monoisotopic (exact) mass is 435 g/mol. The molecule has 0 amide bonds. The van der Waals surface area contributed by atoms with Gasteiger partial charge in [-0.25, -0.2) is 4.98 Å². The first-order valence-electron chi connectivity index (χ1n) is 11.0. The zero-order valence-corrected chi connectivity index (χ0v) is 19.2. The summed E-state index contributed by atoms with van der Waals surface area (Å²) in [5.74, 6) is 1.62. The molecule has 0 saturated heterocycles. The molecule has 1 heterocycles. The van der Waals surface area contributed by atoms with E-state index in [9.17, 15) is 0 Å². The molecule has 3 aromatic rings. The maximum atomic E-state index is 5.93. The van der Waals surface area contributed by atoms with E-state index >= 15 is 0 Å². The fourth-order valence-electron chi connectivity index (χ4n) is 3.24. The molecule has 0 aliphatic heterocycles. The van der Waals surface area contributed by atoms with Crippen molar-refractivity contribution in [3.63, 3.8) is 0 Å². The minimum Gasteiger partial charge on any atom is -0.491 e. The smallest absolute Gasteiger partial charge is 0.191 e. The normalized spacial score (nSPS) is 11.4. The molecule has 2 N–H and O–H groups in total. The van der Waals surface area contributed by atoms with Gasteiger partial charge in [-0.15, -0.1) is 0 Å². The summed E-state index contributed by atoms with van der Waals surface area (Å²) in [7, 11) is 1.78. The highest BCUT2D eigenvalue weighted by molar-refractivity contribution is 5.79. The Morgan fingerprint density at radius 3 is 2.53 bits per heavy atom. The fraction of sp³-hybridized carbons (Fsp3) is 0.360. The van der Waals surface area contributed by atoms with Crippen molar-refractivity contribution >= 4 is 5.96 Å². The molecule has 0 fully saturated rings. The maximum Gasteiger partial charge on any atom is 0.191 e. The van der Waals surface area contributed by atoms with Gasteiger partial charge in [0, 0.05) is 51.2 Å². The van der Waals surface area contributed by atoms with Crippen LogP contribution in [0.4, 0.5) is 0 Å². The van der Waals surface area contributed by atoms with Gasteiger partial charge < -0.3 is 24.7 Å². The third-order valence-electron chi connectivity index (χ3n) is 4.99. The number of imidazole rings is 1. The lowest BCUT2D eigenvalue weighted by molar-refractivity contribution is 0.110. The van der Waals surface area contributed by atoms with Crippen LogP contribution in [0.3, 0.4) is 0 Å². The molecule has 0 atom stereocenters. The molecule has 0 bridgehead atoms. The largest absolute Gasteiger partial charge is 0.491 e. The molecule has 7 heteroatoms. The zero-order chi connectivity index (χ0) is 22.6. The van der Waals surface area contributed by atoms with Crippen LogP contribution in [0.2, 0.25) is 0 Å². The van der Waals surface area contributed by atoms with Gasteiger partial charge in [0.05, 0.1) is 12.9 Å². The zero-order valence-electron chi connectivity index (χ0n) is 19.2. The molecule has 7 nitrogen and oxygen atoms in total. The number of aryl methyl sites for hydroxylation is 1. The number of nitrogens with zero attached hydrogens (tertiary/aromatic N) is 3. The minimum atomic E-state index is 0.536. The molecule has 3 rings (SSSR count). The number of hydrogen-bond donors (Lipinski definition) is 2. The van der Waals surface area contributed by atoms with E-state index in [0.29, 0.717) is 32.9 Å². The topological polar surface area (TPSA) is 72.7 Å². The summed E-state index contributed by atoms with van der Waals surface area (Å²) >= 11 is 0. The van der Waals surface area contributed by atoms with E-state index in [1.165, 1.54) is 16.7 Å². The van der Waals surface area contributed by atoms with Crippen molar-refractivity contribution in [2.75, 3.05) is 26.9 Å². The lowest BCUT2D eigenvalue weighted by atomic mass is 10.1. The van der Waals surface area contributed by atoms with Crippen LogP contribution in [-0.4, -0.2) is 42.4 Å². The molecule has 0 spiro atoms. The van der Waals surface area contributed by atoms with E-state index in [2.05, 4.69) is 74.6 Å². The Kier molecular flexibility index (Phi) is 9.13. The maximum absolute atomic E-state index is 5.93. The first-order chi connectivity index (χ1) is 15.7. The predicted octanol–water partition coefficient (Wildman–Crippen LogP) is 3.52. The van der Waals surface area contributed by atoms with Crippen molar-refractivity contribution in [1.29, 1.82) is 0 Å². The molecule has 32 heavy (non-hydrogen) atoms. The van der Waals surface area contributed by atoms with E-state index < -0.39 is 0 Å². The highest BCUT2D eigenvalue weighted by Crippen LogP contribution is 2.20. The van der Waals surface area contributed by atoms with Crippen LogP contribution in [0.25, 0.3) is 0 Å². The van der Waals surface area contributed by atoms with Crippen LogP contribution < -0.4 is 15.4 Å². The van der Waals surface area contributed by atoms with Gasteiger partial charge in [0.1, 0.15) is 12.4 Å². The Morgan fingerprint density at radius 1 is 1.03 bits per heavy atom. The molecule has 0 saturated carbocycles. The van der Waals surface area contributed by atoms with Gasteiger partial charge in [-0.2, -0.15) is 0 Å². The summed E-state index contributed by atoms with van der Waals surface area (Å²) in [5.41, 5.74) is 4.68. The highest BCUT2D eigenvalue weighted by atomic mass is 16.5. The second-order valence-corrected chi connectivity index (χ2v) is 7.49. The average Bonchev–Trinajstić information content (AvgIpc) is 3.32. The number of guanidine groups is 1. The summed E-state index contributed by atoms with van der Waals surface area (Å²) in [6.07, 6.45) is 5.59. The number of aliphatic imine (C=N–C) groups is 1. The van der Waals surface area contributed by atoms with E-state index in [-0.39, 0.29) is 0 Å². The molecule has 1 aromatic heterocycles. The van der Waals surface area contributed by atoms with E-state index in [1.54, 1.807) is 13.2 Å². The number of nitrogens with one attached hydrogen (secondary N) is 2. The Balaban J connectivity index is 1.49.